The van der Waals surface area contributed by atoms with E-state index in [1.54, 1.807) is 28.7 Å². The number of hydrogen-bond donors (Lipinski definition) is 1. The Hall–Kier alpha value is -3.57. The Kier molecular flexibility index (Phi) is 7.06. The second kappa shape index (κ2) is 10.2. The fourth-order valence-electron chi connectivity index (χ4n) is 6.63. The van der Waals surface area contributed by atoms with Crippen molar-refractivity contribution in [1.82, 2.24) is 24.8 Å². The van der Waals surface area contributed by atoms with Crippen LogP contribution in [0.4, 0.5) is 0 Å². The third kappa shape index (κ3) is 4.15. The van der Waals surface area contributed by atoms with E-state index in [0.29, 0.717) is 24.8 Å². The van der Waals surface area contributed by atoms with Crippen molar-refractivity contribution >= 4 is 28.8 Å². The number of para-hydroxylation sites is 1. The van der Waals surface area contributed by atoms with Gasteiger partial charge in [-0.05, 0) is 45.2 Å². The molecule has 0 saturated carbocycles. The highest BCUT2D eigenvalue weighted by Crippen LogP contribution is 2.63. The second-order valence-corrected chi connectivity index (χ2v) is 10.8. The zero-order valence-electron chi connectivity index (χ0n) is 22.4. The molecule has 2 amide bonds. The smallest absolute Gasteiger partial charge is 0.312 e. The maximum absolute atomic E-state index is 14.4. The number of fused-ring (bicyclic) bond motifs is 2. The lowest BCUT2D eigenvalue weighted by Gasteiger charge is -2.38. The van der Waals surface area contributed by atoms with Gasteiger partial charge in [0.05, 0.1) is 36.3 Å². The highest BCUT2D eigenvalue weighted by atomic mass is 16.6. The number of hydrogen-bond acceptors (Lipinski definition) is 8. The highest BCUT2D eigenvalue weighted by molar-refractivity contribution is 5.98. The molecular weight excluding hydrogens is 502 g/mol. The van der Waals surface area contributed by atoms with Gasteiger partial charge in [0, 0.05) is 6.54 Å². The van der Waals surface area contributed by atoms with Gasteiger partial charge in [-0.1, -0.05) is 29.5 Å². The number of amides is 2. The van der Waals surface area contributed by atoms with E-state index in [-0.39, 0.29) is 38.2 Å². The molecule has 2 bridgehead atoms. The van der Waals surface area contributed by atoms with Gasteiger partial charge in [-0.3, -0.25) is 14.4 Å². The standard InChI is InChI=1S/C28H35N5O6/c1-5-7-15-38-26(37)22-21-24(35)33(18(3)16-34)23(28(21)13-12-27(22,4)39-28)25(36)31(14-6-2)17-32-20-11-9-8-10-19(20)29-30-32/h5-6,8-11,18,21-23,34H,1-2,7,12-17H2,3-4H3/t18-,21+,22-,23?,27+,28?/m1/s1. The van der Waals surface area contributed by atoms with E-state index in [2.05, 4.69) is 23.5 Å². The maximum Gasteiger partial charge on any atom is 0.312 e. The van der Waals surface area contributed by atoms with Crippen molar-refractivity contribution in [2.45, 2.75) is 63.1 Å². The van der Waals surface area contributed by atoms with Gasteiger partial charge in [-0.2, -0.15) is 0 Å². The van der Waals surface area contributed by atoms with Crippen molar-refractivity contribution in [3.05, 3.63) is 49.6 Å². The summed E-state index contributed by atoms with van der Waals surface area (Å²) < 4.78 is 13.7. The minimum absolute atomic E-state index is 0.0719. The number of aliphatic hydroxyl groups excluding tert-OH is 1. The number of aliphatic hydroxyl groups is 1. The summed E-state index contributed by atoms with van der Waals surface area (Å²) in [6.07, 6.45) is 4.67. The number of carbonyl (C=O) groups excluding carboxylic acids is 3. The van der Waals surface area contributed by atoms with E-state index < -0.39 is 41.1 Å². The van der Waals surface area contributed by atoms with Crippen LogP contribution < -0.4 is 0 Å². The average molecular weight is 538 g/mol. The molecule has 5 rings (SSSR count). The third-order valence-corrected chi connectivity index (χ3v) is 8.39. The Bertz CT molecular complexity index is 1310. The molecule has 6 atom stereocenters. The van der Waals surface area contributed by atoms with Gasteiger partial charge in [0.1, 0.15) is 29.7 Å². The van der Waals surface area contributed by atoms with Crippen LogP contribution in [0.3, 0.4) is 0 Å². The molecule has 4 heterocycles. The molecule has 3 saturated heterocycles. The quantitative estimate of drug-likeness (QED) is 0.261. The van der Waals surface area contributed by atoms with Crippen LogP contribution in [0.2, 0.25) is 0 Å². The van der Waals surface area contributed by atoms with Gasteiger partial charge >= 0.3 is 5.97 Å². The van der Waals surface area contributed by atoms with Crippen molar-refractivity contribution < 1.29 is 29.0 Å². The predicted molar refractivity (Wildman–Crippen MR) is 141 cm³/mol. The number of aromatic nitrogens is 3. The molecule has 3 fully saturated rings. The van der Waals surface area contributed by atoms with Crippen LogP contribution in [-0.4, -0.2) is 90.7 Å². The van der Waals surface area contributed by atoms with Gasteiger partial charge in [-0.25, -0.2) is 4.68 Å². The zero-order chi connectivity index (χ0) is 27.9. The number of carbonyl (C=O) groups is 3. The normalized spacial score (nSPS) is 29.9. The summed E-state index contributed by atoms with van der Waals surface area (Å²) in [5.41, 5.74) is -0.717. The first-order valence-corrected chi connectivity index (χ1v) is 13.3. The van der Waals surface area contributed by atoms with Crippen LogP contribution in [0.25, 0.3) is 11.0 Å². The fraction of sp³-hybridized carbons (Fsp3) is 0.536. The van der Waals surface area contributed by atoms with Gasteiger partial charge in [0.25, 0.3) is 0 Å². The maximum atomic E-state index is 14.4. The molecule has 1 spiro atoms. The lowest BCUT2D eigenvalue weighted by Crippen LogP contribution is -2.58. The first-order valence-electron chi connectivity index (χ1n) is 13.3. The molecule has 0 aliphatic carbocycles. The van der Waals surface area contributed by atoms with Crippen molar-refractivity contribution in [3.8, 4) is 0 Å². The predicted octanol–water partition coefficient (Wildman–Crippen LogP) is 1.67. The molecule has 1 aromatic heterocycles. The van der Waals surface area contributed by atoms with E-state index in [0.717, 1.165) is 5.52 Å². The number of ether oxygens (including phenoxy) is 2. The fourth-order valence-corrected chi connectivity index (χ4v) is 6.63. The Morgan fingerprint density at radius 2 is 2.08 bits per heavy atom. The van der Waals surface area contributed by atoms with E-state index in [1.807, 2.05) is 31.2 Å². The SMILES string of the molecule is C=CCCOC(=O)[C@H]1[C@H]2C(=O)N([C@H](C)CO)C(C(=O)N(CC=C)Cn3nnc4ccccc43)C23CC[C@]1(C)O3. The number of nitrogens with zero attached hydrogens (tertiary/aromatic N) is 5. The molecule has 11 nitrogen and oxygen atoms in total. The molecule has 1 N–H and O–H groups in total. The van der Waals surface area contributed by atoms with E-state index >= 15 is 0 Å². The summed E-state index contributed by atoms with van der Waals surface area (Å²) in [5.74, 6) is -3.01. The van der Waals surface area contributed by atoms with E-state index in [1.165, 1.54) is 4.90 Å². The minimum atomic E-state index is -1.22. The van der Waals surface area contributed by atoms with Gasteiger partial charge in [-0.15, -0.1) is 18.3 Å². The Morgan fingerprint density at radius 1 is 1.31 bits per heavy atom. The zero-order valence-corrected chi connectivity index (χ0v) is 22.4. The summed E-state index contributed by atoms with van der Waals surface area (Å²) in [7, 11) is 0. The first-order chi connectivity index (χ1) is 18.7. The summed E-state index contributed by atoms with van der Waals surface area (Å²) in [6.45, 7) is 11.0. The topological polar surface area (TPSA) is 127 Å². The molecule has 208 valence electrons. The van der Waals surface area contributed by atoms with Crippen molar-refractivity contribution in [1.29, 1.82) is 0 Å². The summed E-state index contributed by atoms with van der Waals surface area (Å²) in [6, 6.07) is 5.72. The minimum Gasteiger partial charge on any atom is -0.465 e. The monoisotopic (exact) mass is 537 g/mol. The number of benzene rings is 1. The Labute approximate surface area is 227 Å². The van der Waals surface area contributed by atoms with Crippen LogP contribution >= 0.6 is 0 Å². The Balaban J connectivity index is 1.53. The second-order valence-electron chi connectivity index (χ2n) is 10.8. The van der Waals surface area contributed by atoms with Crippen LogP contribution in [0.15, 0.2) is 49.6 Å². The third-order valence-electron chi connectivity index (χ3n) is 8.39. The molecule has 2 aromatic rings. The molecule has 11 heteroatoms. The summed E-state index contributed by atoms with van der Waals surface area (Å²) in [5, 5.41) is 18.5. The van der Waals surface area contributed by atoms with Crippen LogP contribution in [-0.2, 0) is 30.5 Å². The number of likely N-dealkylation sites (tertiary alicyclic amines) is 1. The number of esters is 1. The van der Waals surface area contributed by atoms with Gasteiger partial charge in [0.2, 0.25) is 11.8 Å². The van der Waals surface area contributed by atoms with Gasteiger partial charge < -0.3 is 24.4 Å². The van der Waals surface area contributed by atoms with Gasteiger partial charge in [0.15, 0.2) is 0 Å². The molecule has 3 aliphatic rings. The summed E-state index contributed by atoms with van der Waals surface area (Å²) in [4.78, 5) is 44.7. The average Bonchev–Trinajstić information content (AvgIpc) is 3.63. The largest absolute Gasteiger partial charge is 0.465 e. The van der Waals surface area contributed by atoms with Crippen molar-refractivity contribution in [2.24, 2.45) is 11.8 Å². The highest BCUT2D eigenvalue weighted by Gasteiger charge is 2.78. The van der Waals surface area contributed by atoms with Crippen molar-refractivity contribution in [2.75, 3.05) is 19.8 Å². The molecule has 0 radical (unpaired) electrons. The summed E-state index contributed by atoms with van der Waals surface area (Å²) >= 11 is 0. The van der Waals surface area contributed by atoms with E-state index in [4.69, 9.17) is 9.47 Å². The van der Waals surface area contributed by atoms with Crippen LogP contribution in [0.5, 0.6) is 0 Å². The number of rotatable bonds is 11. The lowest BCUT2D eigenvalue weighted by molar-refractivity contribution is -0.162. The molecule has 2 unspecified atom stereocenters. The molecule has 1 aromatic carbocycles. The Morgan fingerprint density at radius 3 is 2.79 bits per heavy atom. The van der Waals surface area contributed by atoms with Crippen molar-refractivity contribution in [3.63, 3.8) is 0 Å². The lowest BCUT2D eigenvalue weighted by atomic mass is 9.66. The molecule has 3 aliphatic heterocycles. The molecular formula is C28H35N5O6. The first kappa shape index (κ1) is 27.0. The van der Waals surface area contributed by atoms with E-state index in [9.17, 15) is 19.5 Å². The molecule has 39 heavy (non-hydrogen) atoms. The van der Waals surface area contributed by atoms with Crippen LogP contribution in [0, 0.1) is 11.8 Å². The van der Waals surface area contributed by atoms with Crippen LogP contribution in [0.1, 0.15) is 33.1 Å².